The fourth-order valence-corrected chi connectivity index (χ4v) is 1.71. The van der Waals surface area contributed by atoms with Gasteiger partial charge in [0.05, 0.1) is 0 Å². The van der Waals surface area contributed by atoms with Crippen molar-refractivity contribution >= 4 is 10.9 Å². The Bertz CT molecular complexity index is 689. The number of hydrogen-bond acceptors (Lipinski definition) is 2. The van der Waals surface area contributed by atoms with E-state index in [0.717, 1.165) is 10.9 Å². The average Bonchev–Trinajstić information content (AvgIpc) is 2.48. The van der Waals surface area contributed by atoms with Gasteiger partial charge < -0.3 is 10.7 Å². The third-order valence-corrected chi connectivity index (χ3v) is 2.71. The summed E-state index contributed by atoms with van der Waals surface area (Å²) in [6.45, 7) is 0.640. The number of benzene rings is 2. The molecular weight excluding hydrogens is 236 g/mol. The van der Waals surface area contributed by atoms with Gasteiger partial charge in [-0.1, -0.05) is 48.5 Å². The summed E-state index contributed by atoms with van der Waals surface area (Å²) in [7, 11) is 0. The Morgan fingerprint density at radius 1 is 0.842 bits per heavy atom. The Morgan fingerprint density at radius 2 is 1.53 bits per heavy atom. The molecule has 0 saturated heterocycles. The van der Waals surface area contributed by atoms with Crippen LogP contribution in [0.1, 0.15) is 5.56 Å². The van der Waals surface area contributed by atoms with Crippen molar-refractivity contribution < 1.29 is 0 Å². The second kappa shape index (κ2) is 6.52. The van der Waals surface area contributed by atoms with E-state index in [1.807, 2.05) is 60.7 Å². The van der Waals surface area contributed by atoms with E-state index in [9.17, 15) is 4.79 Å². The standard InChI is InChI=1S/C9H7NO.C7H9N/c11-9-6-5-7-3-1-2-4-8(7)10-9;8-6-7-4-2-1-3-5-7/h1-6H,(H,10,11);1-5H,6,8H2. The van der Waals surface area contributed by atoms with Gasteiger partial charge >= 0.3 is 0 Å². The lowest BCUT2D eigenvalue weighted by molar-refractivity contribution is 1.07. The van der Waals surface area contributed by atoms with Crippen molar-refractivity contribution in [3.8, 4) is 0 Å². The molecule has 0 spiro atoms. The topological polar surface area (TPSA) is 58.9 Å². The largest absolute Gasteiger partial charge is 0.326 e. The average molecular weight is 252 g/mol. The van der Waals surface area contributed by atoms with Crippen LogP contribution in [0.5, 0.6) is 0 Å². The van der Waals surface area contributed by atoms with Crippen LogP contribution in [0.15, 0.2) is 71.5 Å². The van der Waals surface area contributed by atoms with Crippen molar-refractivity contribution in [2.24, 2.45) is 5.73 Å². The molecule has 0 atom stereocenters. The molecule has 3 rings (SSSR count). The minimum absolute atomic E-state index is 0.0521. The van der Waals surface area contributed by atoms with Crippen LogP contribution in [0.3, 0.4) is 0 Å². The van der Waals surface area contributed by atoms with Gasteiger partial charge in [0, 0.05) is 18.1 Å². The van der Waals surface area contributed by atoms with Gasteiger partial charge in [0.25, 0.3) is 0 Å². The summed E-state index contributed by atoms with van der Waals surface area (Å²) < 4.78 is 0. The van der Waals surface area contributed by atoms with E-state index >= 15 is 0 Å². The predicted octanol–water partition coefficient (Wildman–Crippen LogP) is 2.67. The van der Waals surface area contributed by atoms with Crippen LogP contribution in [0.2, 0.25) is 0 Å². The van der Waals surface area contributed by atoms with Crippen LogP contribution in [0.25, 0.3) is 10.9 Å². The summed E-state index contributed by atoms with van der Waals surface area (Å²) in [6.07, 6.45) is 0. The molecule has 2 aromatic carbocycles. The van der Waals surface area contributed by atoms with E-state index in [4.69, 9.17) is 5.73 Å². The minimum Gasteiger partial charge on any atom is -0.326 e. The molecule has 3 N–H and O–H groups in total. The number of hydrogen-bond donors (Lipinski definition) is 2. The molecule has 0 fully saturated rings. The number of fused-ring (bicyclic) bond motifs is 1. The second-order valence-electron chi connectivity index (χ2n) is 4.10. The maximum atomic E-state index is 10.8. The molecule has 3 heteroatoms. The van der Waals surface area contributed by atoms with Gasteiger partial charge in [0.15, 0.2) is 0 Å². The zero-order valence-electron chi connectivity index (χ0n) is 10.5. The Kier molecular flexibility index (Phi) is 4.48. The first-order chi connectivity index (χ1) is 9.29. The first-order valence-corrected chi connectivity index (χ1v) is 6.11. The Labute approximate surface area is 111 Å². The van der Waals surface area contributed by atoms with Gasteiger partial charge in [0.1, 0.15) is 0 Å². The smallest absolute Gasteiger partial charge is 0.248 e. The third-order valence-electron chi connectivity index (χ3n) is 2.71. The number of aromatic amines is 1. The summed E-state index contributed by atoms with van der Waals surface area (Å²) in [5.41, 5.74) is 7.37. The number of aromatic nitrogens is 1. The van der Waals surface area contributed by atoms with Crippen molar-refractivity contribution in [2.45, 2.75) is 6.54 Å². The van der Waals surface area contributed by atoms with Crippen molar-refractivity contribution in [3.05, 3.63) is 82.6 Å². The molecule has 0 saturated carbocycles. The van der Waals surface area contributed by atoms with Gasteiger partial charge in [0.2, 0.25) is 5.56 Å². The molecule has 0 aliphatic carbocycles. The number of nitrogens with one attached hydrogen (secondary N) is 1. The van der Waals surface area contributed by atoms with Crippen molar-refractivity contribution in [1.29, 1.82) is 0 Å². The molecule has 0 bridgehead atoms. The SMILES string of the molecule is NCc1ccccc1.O=c1ccc2ccccc2[nH]1. The van der Waals surface area contributed by atoms with Crippen LogP contribution >= 0.6 is 0 Å². The van der Waals surface area contributed by atoms with Crippen LogP contribution < -0.4 is 11.3 Å². The third kappa shape index (κ3) is 3.79. The summed E-state index contributed by atoms with van der Waals surface area (Å²) in [5, 5.41) is 1.06. The zero-order valence-corrected chi connectivity index (χ0v) is 10.5. The number of nitrogens with two attached hydrogens (primary N) is 1. The number of para-hydroxylation sites is 1. The van der Waals surface area contributed by atoms with E-state index < -0.39 is 0 Å². The van der Waals surface area contributed by atoms with Crippen LogP contribution in [0, 0.1) is 0 Å². The Morgan fingerprint density at radius 3 is 2.21 bits per heavy atom. The lowest BCUT2D eigenvalue weighted by atomic mass is 10.2. The van der Waals surface area contributed by atoms with Crippen LogP contribution in [-0.2, 0) is 6.54 Å². The highest BCUT2D eigenvalue weighted by atomic mass is 16.1. The first-order valence-electron chi connectivity index (χ1n) is 6.11. The summed E-state index contributed by atoms with van der Waals surface area (Å²) in [4.78, 5) is 13.6. The van der Waals surface area contributed by atoms with E-state index in [1.54, 1.807) is 0 Å². The molecule has 96 valence electrons. The highest BCUT2D eigenvalue weighted by Gasteiger charge is 1.89. The van der Waals surface area contributed by atoms with Crippen molar-refractivity contribution in [3.63, 3.8) is 0 Å². The number of H-pyrrole nitrogens is 1. The molecule has 0 aliphatic heterocycles. The summed E-state index contributed by atoms with van der Waals surface area (Å²) >= 11 is 0. The molecule has 19 heavy (non-hydrogen) atoms. The van der Waals surface area contributed by atoms with Gasteiger partial charge in [-0.3, -0.25) is 4.79 Å². The second-order valence-corrected chi connectivity index (χ2v) is 4.10. The van der Waals surface area contributed by atoms with E-state index in [1.165, 1.54) is 11.6 Å². The van der Waals surface area contributed by atoms with Crippen molar-refractivity contribution in [2.75, 3.05) is 0 Å². The molecule has 1 heterocycles. The fraction of sp³-hybridized carbons (Fsp3) is 0.0625. The molecule has 1 aromatic heterocycles. The van der Waals surface area contributed by atoms with Gasteiger partial charge in [-0.25, -0.2) is 0 Å². The highest BCUT2D eigenvalue weighted by molar-refractivity contribution is 5.77. The Hall–Kier alpha value is -2.39. The van der Waals surface area contributed by atoms with E-state index in [0.29, 0.717) is 6.54 Å². The van der Waals surface area contributed by atoms with Gasteiger partial charge in [-0.05, 0) is 23.1 Å². The summed E-state index contributed by atoms with van der Waals surface area (Å²) in [5.74, 6) is 0. The van der Waals surface area contributed by atoms with Gasteiger partial charge in [-0.2, -0.15) is 0 Å². The lowest BCUT2D eigenvalue weighted by Crippen LogP contribution is -2.01. The predicted molar refractivity (Wildman–Crippen MR) is 78.9 cm³/mol. The zero-order chi connectivity index (χ0) is 13.5. The minimum atomic E-state index is -0.0521. The maximum Gasteiger partial charge on any atom is 0.248 e. The fourth-order valence-electron chi connectivity index (χ4n) is 1.71. The van der Waals surface area contributed by atoms with E-state index in [-0.39, 0.29) is 5.56 Å². The summed E-state index contributed by atoms with van der Waals surface area (Å²) in [6, 6.07) is 21.0. The van der Waals surface area contributed by atoms with Gasteiger partial charge in [-0.15, -0.1) is 0 Å². The van der Waals surface area contributed by atoms with Crippen LogP contribution in [0.4, 0.5) is 0 Å². The normalized spacial score (nSPS) is 9.74. The highest BCUT2D eigenvalue weighted by Crippen LogP contribution is 2.06. The number of pyridine rings is 1. The molecule has 0 unspecified atom stereocenters. The molecular formula is C16H16N2O. The molecule has 0 radical (unpaired) electrons. The molecule has 3 nitrogen and oxygen atoms in total. The molecule has 3 aromatic rings. The molecule has 0 amide bonds. The maximum absolute atomic E-state index is 10.8. The quantitative estimate of drug-likeness (QED) is 0.699. The van der Waals surface area contributed by atoms with Crippen LogP contribution in [-0.4, -0.2) is 4.98 Å². The molecule has 0 aliphatic rings. The first kappa shape index (κ1) is 13.1. The monoisotopic (exact) mass is 252 g/mol. The lowest BCUT2D eigenvalue weighted by Gasteiger charge is -1.93. The number of rotatable bonds is 1. The van der Waals surface area contributed by atoms with Crippen molar-refractivity contribution in [1.82, 2.24) is 4.98 Å². The van der Waals surface area contributed by atoms with E-state index in [2.05, 4.69) is 4.98 Å². The Balaban J connectivity index is 0.000000148.